The van der Waals surface area contributed by atoms with Crippen molar-refractivity contribution >= 4 is 40.4 Å². The molecule has 1 aromatic carbocycles. The predicted molar refractivity (Wildman–Crippen MR) is 90.3 cm³/mol. The number of anilines is 1. The molecule has 0 amide bonds. The van der Waals surface area contributed by atoms with E-state index in [2.05, 4.69) is 15.8 Å². The molecule has 0 unspecified atom stereocenters. The topological polar surface area (TPSA) is 62.7 Å². The lowest BCUT2D eigenvalue weighted by Gasteiger charge is -2.11. The summed E-state index contributed by atoms with van der Waals surface area (Å²) < 4.78 is 4.99. The number of nitrogens with one attached hydrogen (secondary N) is 2. The average molecular weight is 338 g/mol. The van der Waals surface area contributed by atoms with Gasteiger partial charge in [0.1, 0.15) is 0 Å². The molecular formula is C15H16ClN3O2S. The zero-order chi connectivity index (χ0) is 15.8. The quantitative estimate of drug-likeness (QED) is 0.379. The lowest BCUT2D eigenvalue weighted by Crippen LogP contribution is -2.37. The summed E-state index contributed by atoms with van der Waals surface area (Å²) in [6, 6.07) is 11.0. The van der Waals surface area contributed by atoms with E-state index in [1.54, 1.807) is 42.5 Å². The summed E-state index contributed by atoms with van der Waals surface area (Å²) >= 11 is 7.41. The van der Waals surface area contributed by atoms with Gasteiger partial charge in [-0.25, -0.2) is 4.79 Å². The molecule has 0 aliphatic heterocycles. The Kier molecular flexibility index (Phi) is 6.24. The number of esters is 1. The van der Waals surface area contributed by atoms with E-state index in [1.807, 2.05) is 17.5 Å². The molecule has 0 aliphatic carbocycles. The maximum absolute atomic E-state index is 11.9. The molecule has 5 nitrogen and oxygen atoms in total. The van der Waals surface area contributed by atoms with Gasteiger partial charge < -0.3 is 4.74 Å². The second kappa shape index (κ2) is 8.41. The van der Waals surface area contributed by atoms with Crippen LogP contribution in [0.2, 0.25) is 5.02 Å². The Morgan fingerprint density at radius 1 is 1.32 bits per heavy atom. The molecular weight excluding hydrogens is 322 g/mol. The highest BCUT2D eigenvalue weighted by molar-refractivity contribution is 7.09. The number of benzene rings is 1. The van der Waals surface area contributed by atoms with Crippen molar-refractivity contribution in [1.82, 2.24) is 5.43 Å². The largest absolute Gasteiger partial charge is 0.460 e. The maximum Gasteiger partial charge on any atom is 0.375 e. The molecule has 22 heavy (non-hydrogen) atoms. The first-order chi connectivity index (χ1) is 10.7. The Balaban J connectivity index is 2.02. The lowest BCUT2D eigenvalue weighted by molar-refractivity contribution is -0.135. The second-order valence-corrected chi connectivity index (χ2v) is 5.69. The summed E-state index contributed by atoms with van der Waals surface area (Å²) in [5.41, 5.74) is 6.46. The number of carbonyl (C=O) groups excluding carboxylic acids is 1. The molecule has 0 atom stereocenters. The van der Waals surface area contributed by atoms with Crippen molar-refractivity contribution in [2.75, 3.05) is 12.0 Å². The monoisotopic (exact) mass is 337 g/mol. The Labute approximate surface area is 137 Å². The van der Waals surface area contributed by atoms with Gasteiger partial charge in [-0.05, 0) is 42.6 Å². The van der Waals surface area contributed by atoms with Gasteiger partial charge in [-0.2, -0.15) is 0 Å². The van der Waals surface area contributed by atoms with E-state index in [1.165, 1.54) is 0 Å². The molecule has 0 aliphatic rings. The van der Waals surface area contributed by atoms with Crippen LogP contribution in [0, 0.1) is 0 Å². The number of carbonyl (C=O) groups is 1. The number of thiophene rings is 1. The number of hydrogen-bond acceptors (Lipinski definition) is 5. The van der Waals surface area contributed by atoms with E-state index in [0.717, 1.165) is 10.6 Å². The van der Waals surface area contributed by atoms with Crippen molar-refractivity contribution in [3.05, 3.63) is 51.7 Å². The van der Waals surface area contributed by atoms with Crippen molar-refractivity contribution in [3.63, 3.8) is 0 Å². The van der Waals surface area contributed by atoms with E-state index in [9.17, 15) is 4.79 Å². The van der Waals surface area contributed by atoms with E-state index < -0.39 is 5.97 Å². The normalized spacial score (nSPS) is 11.1. The van der Waals surface area contributed by atoms with Crippen molar-refractivity contribution < 1.29 is 9.53 Å². The van der Waals surface area contributed by atoms with Gasteiger partial charge in [-0.15, -0.1) is 11.3 Å². The zero-order valence-corrected chi connectivity index (χ0v) is 13.6. The number of amidine groups is 1. The van der Waals surface area contributed by atoms with Crippen LogP contribution in [0.25, 0.3) is 0 Å². The lowest BCUT2D eigenvalue weighted by atomic mass is 10.3. The fourth-order valence-electron chi connectivity index (χ4n) is 1.58. The average Bonchev–Trinajstić information content (AvgIpc) is 3.02. The molecule has 116 valence electrons. The summed E-state index contributed by atoms with van der Waals surface area (Å²) in [6.45, 7) is 2.46. The minimum absolute atomic E-state index is 0.130. The number of hydrazine groups is 1. The Morgan fingerprint density at radius 2 is 2.09 bits per heavy atom. The molecule has 7 heteroatoms. The number of nitrogens with zero attached hydrogens (tertiary/aromatic N) is 1. The standard InChI is InChI=1S/C15H16ClN3O2S/c1-2-21-15(20)14(17-10-13-4-3-9-22-13)19-18-12-7-5-11(16)6-8-12/h3-9,18H,2,10H2,1H3,(H,17,19). The summed E-state index contributed by atoms with van der Waals surface area (Å²) in [5.74, 6) is -0.370. The first-order valence-corrected chi connectivity index (χ1v) is 7.96. The summed E-state index contributed by atoms with van der Waals surface area (Å²) in [4.78, 5) is 17.2. The van der Waals surface area contributed by atoms with Gasteiger partial charge in [0.25, 0.3) is 0 Å². The van der Waals surface area contributed by atoms with Crippen molar-refractivity contribution in [2.24, 2.45) is 4.99 Å². The Morgan fingerprint density at radius 3 is 2.73 bits per heavy atom. The summed E-state index contributed by atoms with van der Waals surface area (Å²) in [6.07, 6.45) is 0. The van der Waals surface area contributed by atoms with Gasteiger partial charge >= 0.3 is 5.97 Å². The number of rotatable bonds is 5. The van der Waals surface area contributed by atoms with E-state index in [-0.39, 0.29) is 5.84 Å². The molecule has 2 rings (SSSR count). The third-order valence-electron chi connectivity index (χ3n) is 2.61. The predicted octanol–water partition coefficient (Wildman–Crippen LogP) is 3.48. The van der Waals surface area contributed by atoms with E-state index >= 15 is 0 Å². The molecule has 0 spiro atoms. The van der Waals surface area contributed by atoms with Crippen LogP contribution in [-0.2, 0) is 16.1 Å². The van der Waals surface area contributed by atoms with Crippen LogP contribution >= 0.6 is 22.9 Å². The van der Waals surface area contributed by atoms with Gasteiger partial charge in [-0.1, -0.05) is 17.7 Å². The minimum Gasteiger partial charge on any atom is -0.460 e. The zero-order valence-electron chi connectivity index (χ0n) is 12.0. The molecule has 0 radical (unpaired) electrons. The molecule has 0 fully saturated rings. The molecule has 1 heterocycles. The molecule has 0 saturated carbocycles. The fourth-order valence-corrected chi connectivity index (χ4v) is 2.33. The van der Waals surface area contributed by atoms with Crippen LogP contribution in [0.1, 0.15) is 11.8 Å². The fraction of sp³-hybridized carbons (Fsp3) is 0.200. The van der Waals surface area contributed by atoms with Crippen LogP contribution in [-0.4, -0.2) is 18.4 Å². The van der Waals surface area contributed by atoms with Gasteiger partial charge in [0.15, 0.2) is 0 Å². The first kappa shape index (κ1) is 16.3. The van der Waals surface area contributed by atoms with Crippen LogP contribution in [0.4, 0.5) is 5.69 Å². The van der Waals surface area contributed by atoms with E-state index in [0.29, 0.717) is 18.2 Å². The van der Waals surface area contributed by atoms with E-state index in [4.69, 9.17) is 16.3 Å². The van der Waals surface area contributed by atoms with Gasteiger partial charge in [0, 0.05) is 9.90 Å². The van der Waals surface area contributed by atoms with Crippen LogP contribution in [0.15, 0.2) is 46.8 Å². The smallest absolute Gasteiger partial charge is 0.375 e. The van der Waals surface area contributed by atoms with Gasteiger partial charge in [-0.3, -0.25) is 15.8 Å². The van der Waals surface area contributed by atoms with Crippen molar-refractivity contribution in [3.8, 4) is 0 Å². The SMILES string of the molecule is CCOC(=O)C(=NCc1cccs1)NNc1ccc(Cl)cc1. The van der Waals surface area contributed by atoms with Crippen molar-refractivity contribution in [2.45, 2.75) is 13.5 Å². The molecule has 1 aromatic heterocycles. The van der Waals surface area contributed by atoms with Gasteiger partial charge in [0.2, 0.25) is 5.84 Å². The number of hydrogen-bond donors (Lipinski definition) is 2. The molecule has 0 bridgehead atoms. The minimum atomic E-state index is -0.500. The molecule has 0 saturated heterocycles. The maximum atomic E-state index is 11.9. The summed E-state index contributed by atoms with van der Waals surface area (Å²) in [5, 5.41) is 2.61. The highest BCUT2D eigenvalue weighted by atomic mass is 35.5. The van der Waals surface area contributed by atoms with Crippen molar-refractivity contribution in [1.29, 1.82) is 0 Å². The molecule has 2 N–H and O–H groups in total. The third kappa shape index (κ3) is 5.05. The highest BCUT2D eigenvalue weighted by Crippen LogP contribution is 2.12. The number of halogens is 1. The van der Waals surface area contributed by atoms with Crippen LogP contribution in [0.5, 0.6) is 0 Å². The highest BCUT2D eigenvalue weighted by Gasteiger charge is 2.12. The van der Waals surface area contributed by atoms with Crippen LogP contribution < -0.4 is 10.9 Å². The Hall–Kier alpha value is -2.05. The van der Waals surface area contributed by atoms with Gasteiger partial charge in [0.05, 0.1) is 18.8 Å². The summed E-state index contributed by atoms with van der Waals surface area (Å²) in [7, 11) is 0. The van der Waals surface area contributed by atoms with Crippen LogP contribution in [0.3, 0.4) is 0 Å². The molecule has 2 aromatic rings. The number of aliphatic imine (C=N–C) groups is 1. The third-order valence-corrected chi connectivity index (χ3v) is 3.72. The Bertz CT molecular complexity index is 627. The second-order valence-electron chi connectivity index (χ2n) is 4.22. The number of ether oxygens (including phenoxy) is 1. The first-order valence-electron chi connectivity index (χ1n) is 6.70.